The fraction of sp³-hybridized carbons (Fsp3) is 0.368. The van der Waals surface area contributed by atoms with Crippen molar-refractivity contribution in [1.29, 1.82) is 0 Å². The van der Waals surface area contributed by atoms with Gasteiger partial charge in [0, 0.05) is 23.0 Å². The molecule has 0 aliphatic carbocycles. The molecule has 4 rings (SSSR count). The number of nitrogens with one attached hydrogen (secondary N) is 1. The fourth-order valence-electron chi connectivity index (χ4n) is 3.76. The summed E-state index contributed by atoms with van der Waals surface area (Å²) >= 11 is 7.75. The van der Waals surface area contributed by atoms with Gasteiger partial charge in [-0.1, -0.05) is 30.7 Å². The van der Waals surface area contributed by atoms with Crippen molar-refractivity contribution in [2.45, 2.75) is 31.8 Å². The molecule has 0 radical (unpaired) electrons. The molecule has 136 valence electrons. The van der Waals surface area contributed by atoms with Gasteiger partial charge in [0.1, 0.15) is 5.54 Å². The summed E-state index contributed by atoms with van der Waals surface area (Å²) in [5.41, 5.74) is 1.06. The molecule has 26 heavy (non-hydrogen) atoms. The smallest absolute Gasteiger partial charge is 0.319 e. The van der Waals surface area contributed by atoms with E-state index < -0.39 is 5.54 Å². The van der Waals surface area contributed by atoms with Crippen molar-refractivity contribution in [3.05, 3.63) is 56.7 Å². The Morgan fingerprint density at radius 2 is 2.00 bits per heavy atom. The Hall–Kier alpha value is -1.89. The number of nitrogens with zero attached hydrogens (tertiary/aromatic N) is 2. The minimum atomic E-state index is -1.01. The van der Waals surface area contributed by atoms with Crippen LogP contribution in [0, 0.1) is 0 Å². The van der Waals surface area contributed by atoms with Crippen LogP contribution in [0.5, 0.6) is 0 Å². The lowest BCUT2D eigenvalue weighted by Crippen LogP contribution is -2.46. The Kier molecular flexibility index (Phi) is 4.50. The summed E-state index contributed by atoms with van der Waals surface area (Å²) < 4.78 is 0. The van der Waals surface area contributed by atoms with Gasteiger partial charge >= 0.3 is 6.03 Å². The van der Waals surface area contributed by atoms with Gasteiger partial charge in [0.15, 0.2) is 0 Å². The zero-order valence-electron chi connectivity index (χ0n) is 14.5. The third-order valence-electron chi connectivity index (χ3n) is 5.27. The maximum atomic E-state index is 13.2. The molecule has 7 heteroatoms. The first-order valence-corrected chi connectivity index (χ1v) is 9.97. The topological polar surface area (TPSA) is 52.7 Å². The number of amides is 3. The van der Waals surface area contributed by atoms with Crippen LogP contribution in [0.4, 0.5) is 4.79 Å². The highest BCUT2D eigenvalue weighted by molar-refractivity contribution is 7.10. The Balaban J connectivity index is 1.56. The quantitative estimate of drug-likeness (QED) is 0.813. The third-order valence-corrected chi connectivity index (χ3v) is 6.55. The maximum absolute atomic E-state index is 13.2. The number of hydrogen-bond donors (Lipinski definition) is 1. The highest BCUT2D eigenvalue weighted by Gasteiger charge is 2.51. The van der Waals surface area contributed by atoms with E-state index in [1.165, 1.54) is 15.3 Å². The Morgan fingerprint density at radius 3 is 2.73 bits per heavy atom. The second-order valence-electron chi connectivity index (χ2n) is 6.74. The second-order valence-corrected chi connectivity index (χ2v) is 8.18. The molecule has 3 heterocycles. The summed E-state index contributed by atoms with van der Waals surface area (Å²) in [6.45, 7) is 3.85. The van der Waals surface area contributed by atoms with Crippen LogP contribution in [0.1, 0.15) is 29.3 Å². The largest absolute Gasteiger partial charge is 0.326 e. The van der Waals surface area contributed by atoms with Crippen molar-refractivity contribution in [2.24, 2.45) is 0 Å². The average Bonchev–Trinajstić information content (AvgIpc) is 3.20. The van der Waals surface area contributed by atoms with Crippen LogP contribution >= 0.6 is 22.9 Å². The number of thiophene rings is 1. The van der Waals surface area contributed by atoms with Crippen molar-refractivity contribution in [1.82, 2.24) is 15.1 Å². The summed E-state index contributed by atoms with van der Waals surface area (Å²) in [5, 5.41) is 5.63. The zero-order chi connectivity index (χ0) is 18.3. The highest BCUT2D eigenvalue weighted by Crippen LogP contribution is 2.33. The van der Waals surface area contributed by atoms with E-state index in [9.17, 15) is 9.59 Å². The first-order valence-electron chi connectivity index (χ1n) is 8.71. The number of carbonyl (C=O) groups excluding carboxylic acids is 2. The van der Waals surface area contributed by atoms with Gasteiger partial charge in [0.2, 0.25) is 0 Å². The summed E-state index contributed by atoms with van der Waals surface area (Å²) in [6, 6.07) is 8.92. The van der Waals surface area contributed by atoms with Crippen molar-refractivity contribution in [2.75, 3.05) is 13.2 Å². The molecule has 0 saturated carbocycles. The molecule has 1 aromatic heterocycles. The number of carbonyl (C=O) groups is 2. The lowest BCUT2D eigenvalue weighted by Gasteiger charge is -2.30. The van der Waals surface area contributed by atoms with Crippen LogP contribution in [0.15, 0.2) is 35.7 Å². The molecule has 1 aromatic carbocycles. The summed E-state index contributed by atoms with van der Waals surface area (Å²) in [5.74, 6) is -0.191. The van der Waals surface area contributed by atoms with Crippen molar-refractivity contribution < 1.29 is 9.59 Å². The van der Waals surface area contributed by atoms with Crippen molar-refractivity contribution in [3.8, 4) is 0 Å². The molecule has 1 atom stereocenters. The molecule has 3 amide bonds. The van der Waals surface area contributed by atoms with Gasteiger partial charge in [-0.2, -0.15) is 0 Å². The average molecular weight is 390 g/mol. The molecule has 1 N–H and O–H groups in total. The van der Waals surface area contributed by atoms with Crippen molar-refractivity contribution in [3.63, 3.8) is 0 Å². The molecular formula is C19H20ClN3O2S. The molecule has 0 spiro atoms. The molecule has 1 saturated heterocycles. The van der Waals surface area contributed by atoms with E-state index in [1.54, 1.807) is 23.5 Å². The number of rotatable bonds is 4. The number of fused-ring (bicyclic) bond motifs is 1. The maximum Gasteiger partial charge on any atom is 0.326 e. The SMILES string of the molecule is CC[C@@]1(c2ccc(Cl)cc2)NC(=O)N(CN2CCc3sccc3C2)C1=O. The summed E-state index contributed by atoms with van der Waals surface area (Å²) in [7, 11) is 0. The number of urea groups is 1. The molecule has 2 aliphatic rings. The van der Waals surface area contributed by atoms with Gasteiger partial charge in [-0.15, -0.1) is 11.3 Å². The van der Waals surface area contributed by atoms with Crippen LogP contribution in [-0.4, -0.2) is 35.0 Å². The van der Waals surface area contributed by atoms with E-state index in [2.05, 4.69) is 21.7 Å². The van der Waals surface area contributed by atoms with Crippen LogP contribution in [0.2, 0.25) is 5.02 Å². The van der Waals surface area contributed by atoms with Gasteiger partial charge in [0.25, 0.3) is 5.91 Å². The zero-order valence-corrected chi connectivity index (χ0v) is 16.1. The molecule has 0 bridgehead atoms. The van der Waals surface area contributed by atoms with Gasteiger partial charge in [0.05, 0.1) is 6.67 Å². The van der Waals surface area contributed by atoms with E-state index in [1.807, 2.05) is 19.1 Å². The van der Waals surface area contributed by atoms with Crippen LogP contribution in [0.3, 0.4) is 0 Å². The van der Waals surface area contributed by atoms with Gasteiger partial charge in [-0.25, -0.2) is 9.69 Å². The van der Waals surface area contributed by atoms with Gasteiger partial charge < -0.3 is 5.32 Å². The molecular weight excluding hydrogens is 370 g/mol. The normalized spacial score (nSPS) is 23.2. The monoisotopic (exact) mass is 389 g/mol. The predicted octanol–water partition coefficient (Wildman–Crippen LogP) is 3.57. The van der Waals surface area contributed by atoms with E-state index >= 15 is 0 Å². The number of benzene rings is 1. The van der Waals surface area contributed by atoms with E-state index in [-0.39, 0.29) is 11.9 Å². The Bertz CT molecular complexity index is 851. The lowest BCUT2D eigenvalue weighted by molar-refractivity contribution is -0.133. The number of hydrogen-bond acceptors (Lipinski definition) is 4. The van der Waals surface area contributed by atoms with E-state index in [0.29, 0.717) is 18.1 Å². The number of imide groups is 1. The minimum absolute atomic E-state index is 0.191. The van der Waals surface area contributed by atoms with Crippen LogP contribution in [0.25, 0.3) is 0 Å². The Labute approximate surface area is 161 Å². The third kappa shape index (κ3) is 2.82. The molecule has 1 fully saturated rings. The Morgan fingerprint density at radius 1 is 1.23 bits per heavy atom. The second kappa shape index (κ2) is 6.68. The first kappa shape index (κ1) is 17.5. The summed E-state index contributed by atoms with van der Waals surface area (Å²) in [4.78, 5) is 30.7. The van der Waals surface area contributed by atoms with Gasteiger partial charge in [-0.3, -0.25) is 9.69 Å². The minimum Gasteiger partial charge on any atom is -0.319 e. The lowest BCUT2D eigenvalue weighted by atomic mass is 9.87. The van der Waals surface area contributed by atoms with Crippen molar-refractivity contribution >= 4 is 34.9 Å². The fourth-order valence-corrected chi connectivity index (χ4v) is 4.77. The van der Waals surface area contributed by atoms with Crippen LogP contribution in [-0.2, 0) is 23.3 Å². The van der Waals surface area contributed by atoms with Gasteiger partial charge in [-0.05, 0) is 47.5 Å². The van der Waals surface area contributed by atoms with Crippen LogP contribution < -0.4 is 5.32 Å². The predicted molar refractivity (Wildman–Crippen MR) is 102 cm³/mol. The number of halogens is 1. The van der Waals surface area contributed by atoms with E-state index in [0.717, 1.165) is 25.1 Å². The standard InChI is InChI=1S/C19H20ClN3O2S/c1-2-19(14-3-5-15(20)6-4-14)17(24)23(18(25)21-19)12-22-9-7-16-13(11-22)8-10-26-16/h3-6,8,10H,2,7,9,11-12H2,1H3,(H,21,25)/t19-/m0/s1. The first-order chi connectivity index (χ1) is 12.5. The summed E-state index contributed by atoms with van der Waals surface area (Å²) in [6.07, 6.45) is 1.46. The molecule has 2 aliphatic heterocycles. The van der Waals surface area contributed by atoms with E-state index in [4.69, 9.17) is 11.6 Å². The highest BCUT2D eigenvalue weighted by atomic mass is 35.5. The molecule has 5 nitrogen and oxygen atoms in total. The molecule has 2 aromatic rings. The molecule has 0 unspecified atom stereocenters.